The summed E-state index contributed by atoms with van der Waals surface area (Å²) in [7, 11) is 1.95. The second kappa shape index (κ2) is 12.0. The average molecular weight is 644 g/mol. The molecular weight excluding hydrogens is 611 g/mol. The van der Waals surface area contributed by atoms with E-state index in [0.717, 1.165) is 18.1 Å². The number of phenolic OH excluding ortho intramolecular Hbond substituents is 1. The van der Waals surface area contributed by atoms with E-state index < -0.39 is 77.8 Å². The predicted octanol–water partition coefficient (Wildman–Crippen LogP) is 1.85. The van der Waals surface area contributed by atoms with Crippen LogP contribution in [0.5, 0.6) is 11.5 Å². The molecule has 1 saturated heterocycles. The van der Waals surface area contributed by atoms with E-state index in [9.17, 15) is 47.7 Å². The number of carboxylic acids is 2. The van der Waals surface area contributed by atoms with Crippen LogP contribution >= 0.6 is 0 Å². The van der Waals surface area contributed by atoms with Gasteiger partial charge in [0.2, 0.25) is 0 Å². The van der Waals surface area contributed by atoms with Crippen LogP contribution in [0.4, 0.5) is 13.2 Å². The van der Waals surface area contributed by atoms with Crippen molar-refractivity contribution >= 4 is 29.7 Å². The lowest BCUT2D eigenvalue weighted by Gasteiger charge is -2.61. The Bertz CT molecular complexity index is 1460. The fraction of sp³-hybridized carbons (Fsp3) is 0.552. The number of halogens is 3. The number of esters is 2. The Kier molecular flexibility index (Phi) is 8.96. The van der Waals surface area contributed by atoms with E-state index in [4.69, 9.17) is 24.1 Å². The van der Waals surface area contributed by atoms with Gasteiger partial charge in [0.15, 0.2) is 29.5 Å². The van der Waals surface area contributed by atoms with Crippen LogP contribution in [0.25, 0.3) is 0 Å². The molecular formula is C29H32F3NO12. The number of hydrogen-bond donors (Lipinski definition) is 4. The van der Waals surface area contributed by atoms with E-state index in [1.165, 1.54) is 6.92 Å². The van der Waals surface area contributed by atoms with Gasteiger partial charge in [-0.25, -0.2) is 4.79 Å². The number of aliphatic hydroxyl groups is 1. The molecule has 1 aromatic rings. The minimum atomic E-state index is -5.08. The number of carbonyl (C=O) groups is 5. The number of aromatic hydroxyl groups is 1. The van der Waals surface area contributed by atoms with Gasteiger partial charge in [-0.2, -0.15) is 13.2 Å². The summed E-state index contributed by atoms with van der Waals surface area (Å²) in [4.78, 5) is 59.5. The fourth-order valence-corrected chi connectivity index (χ4v) is 6.81. The molecule has 1 aromatic carbocycles. The number of likely N-dealkylation sites (tertiary alicyclic amines) is 1. The number of alkyl halides is 3. The third-order valence-electron chi connectivity index (χ3n) is 8.81. The van der Waals surface area contributed by atoms with Gasteiger partial charge >= 0.3 is 30.1 Å². The first-order valence-corrected chi connectivity index (χ1v) is 13.9. The largest absolute Gasteiger partial charge is 0.504 e. The van der Waals surface area contributed by atoms with Gasteiger partial charge in [-0.05, 0) is 51.1 Å². The maximum atomic E-state index is 13.3. The molecule has 4 N–H and O–H groups in total. The van der Waals surface area contributed by atoms with Crippen molar-refractivity contribution < 1.29 is 71.8 Å². The van der Waals surface area contributed by atoms with Crippen molar-refractivity contribution in [1.82, 2.24) is 4.90 Å². The van der Waals surface area contributed by atoms with E-state index >= 15 is 0 Å². The summed E-state index contributed by atoms with van der Waals surface area (Å²) < 4.78 is 48.6. The van der Waals surface area contributed by atoms with Gasteiger partial charge < -0.3 is 39.5 Å². The van der Waals surface area contributed by atoms with Gasteiger partial charge in [0.25, 0.3) is 0 Å². The lowest BCUT2D eigenvalue weighted by atomic mass is 9.50. The Labute approximate surface area is 254 Å². The Hall–Kier alpha value is -4.18. The van der Waals surface area contributed by atoms with E-state index in [2.05, 4.69) is 4.90 Å². The quantitative estimate of drug-likeness (QED) is 0.300. The number of likely N-dealkylation sites (N-methyl/N-ethyl adjacent to an activating group) is 1. The van der Waals surface area contributed by atoms with E-state index in [1.807, 2.05) is 13.1 Å². The summed E-state index contributed by atoms with van der Waals surface area (Å²) in [6, 6.07) is 3.16. The molecule has 16 heteroatoms. The molecule has 0 aromatic heterocycles. The highest BCUT2D eigenvalue weighted by Gasteiger charge is 2.72. The zero-order valence-electron chi connectivity index (χ0n) is 24.4. The molecule has 1 spiro atoms. The molecule has 0 amide bonds. The maximum absolute atomic E-state index is 13.3. The summed E-state index contributed by atoms with van der Waals surface area (Å²) in [5.41, 5.74) is -0.549. The molecule has 2 heterocycles. The van der Waals surface area contributed by atoms with Crippen LogP contribution in [0.2, 0.25) is 0 Å². The van der Waals surface area contributed by atoms with Gasteiger partial charge in [0.1, 0.15) is 5.76 Å². The van der Waals surface area contributed by atoms with E-state index in [0.29, 0.717) is 19.4 Å². The molecule has 13 nitrogen and oxygen atoms in total. The third kappa shape index (κ3) is 5.95. The first-order valence-electron chi connectivity index (χ1n) is 13.9. The number of ketones is 1. The van der Waals surface area contributed by atoms with Gasteiger partial charge in [-0.15, -0.1) is 0 Å². The average Bonchev–Trinajstić information content (AvgIpc) is 3.28. The Morgan fingerprint density at radius 1 is 1.16 bits per heavy atom. The van der Waals surface area contributed by atoms with Crippen LogP contribution in [0.1, 0.15) is 50.7 Å². The van der Waals surface area contributed by atoms with Crippen molar-refractivity contribution in [3.63, 3.8) is 0 Å². The monoisotopic (exact) mass is 643 g/mol. The van der Waals surface area contributed by atoms with Gasteiger partial charge in [-0.3, -0.25) is 19.2 Å². The molecule has 45 heavy (non-hydrogen) atoms. The predicted molar refractivity (Wildman–Crippen MR) is 143 cm³/mol. The Morgan fingerprint density at radius 3 is 2.38 bits per heavy atom. The molecule has 246 valence electrons. The second-order valence-corrected chi connectivity index (χ2v) is 11.5. The molecule has 2 bridgehead atoms. The molecule has 0 radical (unpaired) electrons. The molecule has 5 rings (SSSR count). The minimum absolute atomic E-state index is 0.0771. The number of Topliss-reactive ketones (excluding diaryl/α,β-unsaturated/α-hetero) is 1. The van der Waals surface area contributed by atoms with Crippen molar-refractivity contribution in [3.8, 4) is 11.5 Å². The minimum Gasteiger partial charge on any atom is -0.504 e. The lowest BCUT2D eigenvalue weighted by Crippen LogP contribution is -2.74. The summed E-state index contributed by atoms with van der Waals surface area (Å²) in [5, 5.41) is 39.3. The zero-order valence-corrected chi connectivity index (χ0v) is 24.4. The first kappa shape index (κ1) is 33.7. The first-order chi connectivity index (χ1) is 20.8. The Morgan fingerprint density at radius 2 is 1.80 bits per heavy atom. The molecule has 2 unspecified atom stereocenters. The van der Waals surface area contributed by atoms with Crippen LogP contribution in [0.15, 0.2) is 24.0 Å². The normalized spacial score (nSPS) is 27.3. The number of piperidine rings is 1. The number of rotatable bonds is 8. The fourth-order valence-electron chi connectivity index (χ4n) is 6.81. The highest BCUT2D eigenvalue weighted by molar-refractivity contribution is 5.90. The van der Waals surface area contributed by atoms with Gasteiger partial charge in [0, 0.05) is 31.4 Å². The number of benzene rings is 1. The van der Waals surface area contributed by atoms with Crippen molar-refractivity contribution in [1.29, 1.82) is 0 Å². The standard InChI is InChI=1S/C27H31NO10.C2HF3O2/c1-13(36-14(2)29)18(31)10-16(12-21(32)33)25(34)37-19-6-7-27(35)20-11-15-4-5-17(30)23-22(15)26(27,24(19)38-23)8-9-28(20)3;3-2(4,5)1(6)7/h4-6,13,16,20,24,30,35H,7-12H2,1-3H3,(H,32,33);(H,6,7)/t13?,16?,20-,24+,26+,27-;/m1./s1. The SMILES string of the molecule is CC(=O)OC(C)C(=O)CC(CC(=O)O)C(=O)OC1=CC[C@@]2(O)[C@H]3Cc4ccc(O)c5c4[C@@]2(CCN3C)[C@H]1O5.O=C(O)C(F)(F)F. The molecule has 2 aliphatic carbocycles. The second-order valence-electron chi connectivity index (χ2n) is 11.5. The van der Waals surface area contributed by atoms with E-state index in [-0.39, 0.29) is 29.7 Å². The van der Waals surface area contributed by atoms with Crippen LogP contribution < -0.4 is 4.74 Å². The zero-order chi connectivity index (χ0) is 33.6. The highest BCUT2D eigenvalue weighted by Crippen LogP contribution is 2.65. The number of carboxylic acid groups (broad SMARTS) is 2. The number of carbonyl (C=O) groups excluding carboxylic acids is 3. The van der Waals surface area contributed by atoms with Gasteiger partial charge in [0.05, 0.1) is 23.4 Å². The number of nitrogens with zero attached hydrogens (tertiary/aromatic N) is 1. The molecule has 6 atom stereocenters. The van der Waals surface area contributed by atoms with Crippen molar-refractivity contribution in [2.45, 2.75) is 81.4 Å². The third-order valence-corrected chi connectivity index (χ3v) is 8.81. The van der Waals surface area contributed by atoms with Crippen molar-refractivity contribution in [2.75, 3.05) is 13.6 Å². The number of ether oxygens (including phenoxy) is 3. The van der Waals surface area contributed by atoms with Crippen LogP contribution in [0, 0.1) is 5.92 Å². The van der Waals surface area contributed by atoms with Crippen LogP contribution in [-0.2, 0) is 45.3 Å². The molecule has 2 aliphatic heterocycles. The van der Waals surface area contributed by atoms with Gasteiger partial charge in [-0.1, -0.05) is 6.07 Å². The molecule has 1 fully saturated rings. The number of aliphatic carboxylic acids is 2. The topological polar surface area (TPSA) is 197 Å². The van der Waals surface area contributed by atoms with Crippen molar-refractivity contribution in [3.05, 3.63) is 35.1 Å². The summed E-state index contributed by atoms with van der Waals surface area (Å²) >= 11 is 0. The van der Waals surface area contributed by atoms with Crippen LogP contribution in [0.3, 0.4) is 0 Å². The van der Waals surface area contributed by atoms with E-state index in [1.54, 1.807) is 12.1 Å². The highest BCUT2D eigenvalue weighted by atomic mass is 19.4. The molecule has 0 saturated carbocycles. The summed E-state index contributed by atoms with van der Waals surface area (Å²) in [5.74, 6) is -7.32. The molecule has 4 aliphatic rings. The van der Waals surface area contributed by atoms with Crippen molar-refractivity contribution in [2.24, 2.45) is 5.92 Å². The lowest BCUT2D eigenvalue weighted by molar-refractivity contribution is -0.192. The maximum Gasteiger partial charge on any atom is 0.490 e. The summed E-state index contributed by atoms with van der Waals surface area (Å²) in [6.45, 7) is 3.14. The number of hydrogen-bond acceptors (Lipinski definition) is 11. The summed E-state index contributed by atoms with van der Waals surface area (Å²) in [6.07, 6.45) is -5.52. The Balaban J connectivity index is 0.000000591. The van der Waals surface area contributed by atoms with Crippen LogP contribution in [-0.4, -0.2) is 98.6 Å². The number of phenols is 1. The smallest absolute Gasteiger partial charge is 0.490 e.